The Morgan fingerprint density at radius 2 is 2.00 bits per heavy atom. The third-order valence-electron chi connectivity index (χ3n) is 1.89. The van der Waals surface area contributed by atoms with Crippen LogP contribution in [0.25, 0.3) is 0 Å². The number of aryl methyl sites for hydroxylation is 2. The van der Waals surface area contributed by atoms with Crippen LogP contribution in [0.2, 0.25) is 0 Å². The highest BCUT2D eigenvalue weighted by molar-refractivity contribution is 5.14. The summed E-state index contributed by atoms with van der Waals surface area (Å²) >= 11 is 0. The molecule has 1 aromatic heterocycles. The highest BCUT2D eigenvalue weighted by Crippen LogP contribution is 2.26. The molecule has 1 rings (SSSR count). The van der Waals surface area contributed by atoms with E-state index in [2.05, 4.69) is 4.98 Å². The molecule has 0 saturated heterocycles. The van der Waals surface area contributed by atoms with Crippen LogP contribution in [0.5, 0.6) is 0 Å². The predicted octanol–water partition coefficient (Wildman–Crippen LogP) is 1.06. The quantitative estimate of drug-likeness (QED) is 0.721. The number of hydrogen-bond acceptors (Lipinski definition) is 4. The van der Waals surface area contributed by atoms with Gasteiger partial charge in [-0.05, 0) is 20.8 Å². The van der Waals surface area contributed by atoms with Gasteiger partial charge in [0.1, 0.15) is 6.10 Å². The lowest BCUT2D eigenvalue weighted by atomic mass is 9.96. The van der Waals surface area contributed by atoms with Crippen molar-refractivity contribution in [1.82, 2.24) is 4.98 Å². The molecule has 0 saturated carbocycles. The van der Waals surface area contributed by atoms with Gasteiger partial charge >= 0.3 is 0 Å². The summed E-state index contributed by atoms with van der Waals surface area (Å²) in [5, 5.41) is 9.79. The second kappa shape index (κ2) is 3.12. The van der Waals surface area contributed by atoms with Gasteiger partial charge in [-0.25, -0.2) is 4.98 Å². The molecule has 0 bridgehead atoms. The molecule has 0 aliphatic carbocycles. The van der Waals surface area contributed by atoms with Crippen molar-refractivity contribution in [3.8, 4) is 0 Å². The third-order valence-corrected chi connectivity index (χ3v) is 1.89. The third kappa shape index (κ3) is 2.08. The van der Waals surface area contributed by atoms with Crippen LogP contribution in [-0.4, -0.2) is 15.6 Å². The molecule has 1 atom stereocenters. The Morgan fingerprint density at radius 1 is 1.46 bits per heavy atom. The Bertz CT molecular complexity index is 299. The average Bonchev–Trinajstić information content (AvgIpc) is 2.26. The summed E-state index contributed by atoms with van der Waals surface area (Å²) in [5.74, 6) is 1.01. The number of aromatic nitrogens is 1. The number of aliphatic hydroxyl groups excluding tert-OH is 1. The summed E-state index contributed by atoms with van der Waals surface area (Å²) in [4.78, 5) is 4.06. The predicted molar refractivity (Wildman–Crippen MR) is 49.2 cm³/mol. The van der Waals surface area contributed by atoms with E-state index in [9.17, 15) is 5.11 Å². The zero-order valence-corrected chi connectivity index (χ0v) is 8.46. The van der Waals surface area contributed by atoms with E-state index in [0.29, 0.717) is 17.3 Å². The van der Waals surface area contributed by atoms with Crippen LogP contribution in [-0.2, 0) is 0 Å². The first-order valence-electron chi connectivity index (χ1n) is 4.23. The largest absolute Gasteiger partial charge is 0.443 e. The van der Waals surface area contributed by atoms with E-state index in [1.165, 1.54) is 0 Å². The van der Waals surface area contributed by atoms with Crippen molar-refractivity contribution in [3.63, 3.8) is 0 Å². The molecule has 3 N–H and O–H groups in total. The van der Waals surface area contributed by atoms with Crippen molar-refractivity contribution in [2.75, 3.05) is 0 Å². The van der Waals surface area contributed by atoms with Gasteiger partial charge in [-0.15, -0.1) is 0 Å². The Balaban J connectivity index is 3.01. The minimum absolute atomic E-state index is 0.463. The second-order valence-electron chi connectivity index (χ2n) is 3.91. The fourth-order valence-corrected chi connectivity index (χ4v) is 1.14. The van der Waals surface area contributed by atoms with Gasteiger partial charge in [-0.2, -0.15) is 0 Å². The molecule has 74 valence electrons. The molecule has 1 heterocycles. The van der Waals surface area contributed by atoms with Crippen molar-refractivity contribution in [2.45, 2.75) is 39.3 Å². The molecule has 0 spiro atoms. The van der Waals surface area contributed by atoms with E-state index >= 15 is 0 Å². The maximum Gasteiger partial charge on any atom is 0.191 e. The first kappa shape index (κ1) is 10.2. The number of nitrogens with two attached hydrogens (primary N) is 1. The van der Waals surface area contributed by atoms with Crippen LogP contribution in [0, 0.1) is 13.8 Å². The molecule has 0 amide bonds. The molecule has 1 aromatic rings. The van der Waals surface area contributed by atoms with E-state index in [-0.39, 0.29) is 0 Å². The van der Waals surface area contributed by atoms with E-state index in [0.717, 1.165) is 0 Å². The minimum Gasteiger partial charge on any atom is -0.443 e. The number of rotatable bonds is 2. The van der Waals surface area contributed by atoms with Crippen molar-refractivity contribution in [3.05, 3.63) is 17.3 Å². The Labute approximate surface area is 77.8 Å². The van der Waals surface area contributed by atoms with Crippen LogP contribution < -0.4 is 5.73 Å². The monoisotopic (exact) mass is 184 g/mol. The topological polar surface area (TPSA) is 72.3 Å². The molecule has 4 nitrogen and oxygen atoms in total. The van der Waals surface area contributed by atoms with Gasteiger partial charge < -0.3 is 15.3 Å². The average molecular weight is 184 g/mol. The van der Waals surface area contributed by atoms with E-state index in [1.807, 2.05) is 0 Å². The highest BCUT2D eigenvalue weighted by atomic mass is 16.4. The molecular weight excluding hydrogens is 168 g/mol. The van der Waals surface area contributed by atoms with Gasteiger partial charge in [-0.1, -0.05) is 0 Å². The first-order valence-corrected chi connectivity index (χ1v) is 4.23. The van der Waals surface area contributed by atoms with Crippen LogP contribution in [0.3, 0.4) is 0 Å². The lowest BCUT2D eigenvalue weighted by molar-refractivity contribution is 0.0809. The molecule has 1 unspecified atom stereocenters. The molecular formula is C9H16N2O2. The maximum absolute atomic E-state index is 9.79. The molecule has 4 heteroatoms. The number of hydrogen-bond donors (Lipinski definition) is 2. The SMILES string of the molecule is Cc1nc(C)c(C(O)C(C)(C)N)o1. The fourth-order valence-electron chi connectivity index (χ4n) is 1.14. The summed E-state index contributed by atoms with van der Waals surface area (Å²) < 4.78 is 5.26. The van der Waals surface area contributed by atoms with Crippen LogP contribution in [0.15, 0.2) is 4.42 Å². The van der Waals surface area contributed by atoms with E-state index in [1.54, 1.807) is 27.7 Å². The molecule has 13 heavy (non-hydrogen) atoms. The fraction of sp³-hybridized carbons (Fsp3) is 0.667. The molecule has 0 radical (unpaired) electrons. The summed E-state index contributed by atoms with van der Waals surface area (Å²) in [6, 6.07) is 0. The lowest BCUT2D eigenvalue weighted by Crippen LogP contribution is -2.39. The number of nitrogens with zero attached hydrogens (tertiary/aromatic N) is 1. The molecule has 0 aromatic carbocycles. The Kier molecular flexibility index (Phi) is 2.45. The van der Waals surface area contributed by atoms with Gasteiger partial charge in [0.05, 0.1) is 5.69 Å². The molecule has 0 aliphatic rings. The standard InChI is InChI=1S/C9H16N2O2/c1-5-7(13-6(2)11-5)8(12)9(3,4)10/h8,12H,10H2,1-4H3. The van der Waals surface area contributed by atoms with Gasteiger partial charge in [0.25, 0.3) is 0 Å². The van der Waals surface area contributed by atoms with Crippen molar-refractivity contribution in [2.24, 2.45) is 5.73 Å². The van der Waals surface area contributed by atoms with Crippen LogP contribution in [0.1, 0.15) is 37.3 Å². The van der Waals surface area contributed by atoms with E-state index in [4.69, 9.17) is 10.2 Å². The van der Waals surface area contributed by atoms with Gasteiger partial charge in [0.2, 0.25) is 0 Å². The zero-order valence-electron chi connectivity index (χ0n) is 8.46. The Morgan fingerprint density at radius 3 is 2.31 bits per heavy atom. The van der Waals surface area contributed by atoms with E-state index < -0.39 is 11.6 Å². The van der Waals surface area contributed by atoms with Crippen molar-refractivity contribution < 1.29 is 9.52 Å². The second-order valence-corrected chi connectivity index (χ2v) is 3.91. The summed E-state index contributed by atoms with van der Waals surface area (Å²) in [5.41, 5.74) is 5.74. The van der Waals surface area contributed by atoms with Crippen molar-refractivity contribution in [1.29, 1.82) is 0 Å². The Hall–Kier alpha value is -0.870. The molecule has 0 fully saturated rings. The maximum atomic E-state index is 9.79. The summed E-state index contributed by atoms with van der Waals surface area (Å²) in [6.07, 6.45) is -0.811. The van der Waals surface area contributed by atoms with Gasteiger partial charge in [0.15, 0.2) is 11.7 Å². The number of oxazole rings is 1. The van der Waals surface area contributed by atoms with Gasteiger partial charge in [0, 0.05) is 12.5 Å². The smallest absolute Gasteiger partial charge is 0.191 e. The van der Waals surface area contributed by atoms with Crippen molar-refractivity contribution >= 4 is 0 Å². The van der Waals surface area contributed by atoms with Crippen LogP contribution in [0.4, 0.5) is 0 Å². The first-order chi connectivity index (χ1) is 5.82. The normalized spacial score (nSPS) is 14.6. The summed E-state index contributed by atoms with van der Waals surface area (Å²) in [6.45, 7) is 7.03. The summed E-state index contributed by atoms with van der Waals surface area (Å²) in [7, 11) is 0. The highest BCUT2D eigenvalue weighted by Gasteiger charge is 2.29. The van der Waals surface area contributed by atoms with Gasteiger partial charge in [-0.3, -0.25) is 0 Å². The zero-order chi connectivity index (χ0) is 10.2. The lowest BCUT2D eigenvalue weighted by Gasteiger charge is -2.23. The van der Waals surface area contributed by atoms with Crippen LogP contribution >= 0.6 is 0 Å². The number of aliphatic hydroxyl groups is 1. The minimum atomic E-state index is -0.811. The molecule has 0 aliphatic heterocycles.